The van der Waals surface area contributed by atoms with Gasteiger partial charge in [-0.3, -0.25) is 0 Å². The van der Waals surface area contributed by atoms with E-state index in [4.69, 9.17) is 16.3 Å². The molecule has 2 aromatic carbocycles. The monoisotopic (exact) mass is 323 g/mol. The quantitative estimate of drug-likeness (QED) is 0.610. The van der Waals surface area contributed by atoms with Crippen LogP contribution in [0.25, 0.3) is 6.08 Å². The summed E-state index contributed by atoms with van der Waals surface area (Å²) >= 11 is 5.95. The molecule has 1 heterocycles. The summed E-state index contributed by atoms with van der Waals surface area (Å²) in [5.74, 6) is -0.183. The minimum absolute atomic E-state index is 0.274. The molecule has 0 spiro atoms. The molecule has 0 fully saturated rings. The number of benzene rings is 2. The van der Waals surface area contributed by atoms with Crippen molar-refractivity contribution in [3.63, 3.8) is 0 Å². The third-order valence-corrected chi connectivity index (χ3v) is 3.49. The molecule has 0 bridgehead atoms. The molecule has 0 saturated heterocycles. The Morgan fingerprint density at radius 3 is 2.65 bits per heavy atom. The largest absolute Gasteiger partial charge is 0.402 e. The molecule has 2 aromatic rings. The molecule has 1 aliphatic rings. The van der Waals surface area contributed by atoms with Crippen molar-refractivity contribution in [2.75, 3.05) is 0 Å². The van der Waals surface area contributed by atoms with E-state index in [-0.39, 0.29) is 11.6 Å². The molecule has 0 radical (unpaired) electrons. The number of aliphatic imine (C=N–C) groups is 1. The van der Waals surface area contributed by atoms with Crippen molar-refractivity contribution in [1.82, 2.24) is 0 Å². The lowest BCUT2D eigenvalue weighted by molar-refractivity contribution is -0.130. The second kappa shape index (κ2) is 6.63. The van der Waals surface area contributed by atoms with Gasteiger partial charge in [-0.05, 0) is 42.3 Å². The number of rotatable bonds is 3. The van der Waals surface area contributed by atoms with Crippen LogP contribution in [0, 0.1) is 0 Å². The molecule has 0 atom stereocenters. The third-order valence-electron chi connectivity index (χ3n) is 3.25. The zero-order valence-corrected chi connectivity index (χ0v) is 13.2. The lowest BCUT2D eigenvalue weighted by Gasteiger charge is -1.98. The Balaban J connectivity index is 1.88. The zero-order valence-electron chi connectivity index (χ0n) is 12.5. The van der Waals surface area contributed by atoms with Gasteiger partial charge in [-0.15, -0.1) is 0 Å². The van der Waals surface area contributed by atoms with Gasteiger partial charge in [0.2, 0.25) is 5.90 Å². The van der Waals surface area contributed by atoms with Gasteiger partial charge in [-0.2, -0.15) is 0 Å². The number of hydrogen-bond acceptors (Lipinski definition) is 3. The van der Waals surface area contributed by atoms with Crippen LogP contribution in [-0.4, -0.2) is 11.9 Å². The molecule has 0 amide bonds. The number of halogens is 1. The molecule has 3 nitrogen and oxygen atoms in total. The summed E-state index contributed by atoms with van der Waals surface area (Å²) in [6.45, 7) is 1.92. The van der Waals surface area contributed by atoms with E-state index in [1.165, 1.54) is 0 Å². The van der Waals surface area contributed by atoms with Gasteiger partial charge in [-0.1, -0.05) is 54.1 Å². The Morgan fingerprint density at radius 1 is 1.13 bits per heavy atom. The van der Waals surface area contributed by atoms with Crippen molar-refractivity contribution in [1.29, 1.82) is 0 Å². The van der Waals surface area contributed by atoms with Crippen LogP contribution in [0.5, 0.6) is 0 Å². The molecule has 0 saturated carbocycles. The maximum absolute atomic E-state index is 12.0. The summed E-state index contributed by atoms with van der Waals surface area (Å²) in [6.07, 6.45) is 3.69. The maximum Gasteiger partial charge on any atom is 0.363 e. The maximum atomic E-state index is 12.0. The van der Waals surface area contributed by atoms with E-state index in [1.807, 2.05) is 43.3 Å². The average molecular weight is 324 g/mol. The lowest BCUT2D eigenvalue weighted by Crippen LogP contribution is -2.05. The smallest absolute Gasteiger partial charge is 0.363 e. The highest BCUT2D eigenvalue weighted by Crippen LogP contribution is 2.20. The fourth-order valence-corrected chi connectivity index (χ4v) is 2.41. The van der Waals surface area contributed by atoms with Crippen molar-refractivity contribution in [3.05, 3.63) is 88.1 Å². The minimum atomic E-state index is -0.458. The summed E-state index contributed by atoms with van der Waals surface area (Å²) in [5.41, 5.74) is 2.94. The first-order chi connectivity index (χ1) is 11.1. The standard InChI is InChI=1S/C19H14ClNO2/c1-13(10-14-6-3-2-4-7-14)11-17-19(22)23-18(21-17)15-8-5-9-16(20)12-15/h2-12H,1H3/b13-10?,17-11-. The summed E-state index contributed by atoms with van der Waals surface area (Å²) in [5, 5.41) is 0.568. The molecule has 0 unspecified atom stereocenters. The highest BCUT2D eigenvalue weighted by molar-refractivity contribution is 6.31. The van der Waals surface area contributed by atoms with Crippen LogP contribution in [0.3, 0.4) is 0 Å². The summed E-state index contributed by atoms with van der Waals surface area (Å²) in [6, 6.07) is 16.9. The second-order valence-electron chi connectivity index (χ2n) is 5.15. The van der Waals surface area contributed by atoms with E-state index >= 15 is 0 Å². The van der Waals surface area contributed by atoms with Gasteiger partial charge in [0.05, 0.1) is 0 Å². The number of nitrogens with zero attached hydrogens (tertiary/aromatic N) is 1. The van der Waals surface area contributed by atoms with Gasteiger partial charge < -0.3 is 4.74 Å². The summed E-state index contributed by atoms with van der Waals surface area (Å²) in [4.78, 5) is 16.2. The Kier molecular flexibility index (Phi) is 4.40. The van der Waals surface area contributed by atoms with Gasteiger partial charge in [0.25, 0.3) is 0 Å². The van der Waals surface area contributed by atoms with E-state index in [0.717, 1.165) is 11.1 Å². The zero-order chi connectivity index (χ0) is 16.2. The first-order valence-electron chi connectivity index (χ1n) is 7.14. The second-order valence-corrected chi connectivity index (χ2v) is 5.58. The highest BCUT2D eigenvalue weighted by atomic mass is 35.5. The topological polar surface area (TPSA) is 38.7 Å². The number of allylic oxidation sites excluding steroid dienone is 2. The normalized spacial score (nSPS) is 16.4. The van der Waals surface area contributed by atoms with Crippen LogP contribution >= 0.6 is 11.6 Å². The number of ether oxygens (including phenoxy) is 1. The molecular formula is C19H14ClNO2. The van der Waals surface area contributed by atoms with Crippen molar-refractivity contribution in [2.24, 2.45) is 4.99 Å². The number of carbonyl (C=O) groups excluding carboxylic acids is 1. The fraction of sp³-hybridized carbons (Fsp3) is 0.0526. The SMILES string of the molecule is CC(=Cc1ccccc1)/C=C1\N=C(c2cccc(Cl)c2)OC1=O. The molecule has 4 heteroatoms. The Bertz CT molecular complexity index is 835. The van der Waals surface area contributed by atoms with Crippen LogP contribution < -0.4 is 0 Å². The van der Waals surface area contributed by atoms with Crippen molar-refractivity contribution >= 4 is 29.5 Å². The van der Waals surface area contributed by atoms with E-state index in [0.29, 0.717) is 10.6 Å². The van der Waals surface area contributed by atoms with Crippen LogP contribution in [0.4, 0.5) is 0 Å². The number of carbonyl (C=O) groups is 1. The van der Waals surface area contributed by atoms with Crippen LogP contribution in [0.1, 0.15) is 18.1 Å². The Morgan fingerprint density at radius 2 is 1.91 bits per heavy atom. The molecule has 1 aliphatic heterocycles. The van der Waals surface area contributed by atoms with Crippen molar-refractivity contribution < 1.29 is 9.53 Å². The number of hydrogen-bond donors (Lipinski definition) is 0. The molecular weight excluding hydrogens is 310 g/mol. The van der Waals surface area contributed by atoms with Crippen LogP contribution in [0.2, 0.25) is 5.02 Å². The third kappa shape index (κ3) is 3.76. The number of cyclic esters (lactones) is 1. The van der Waals surface area contributed by atoms with Gasteiger partial charge in [0.1, 0.15) is 0 Å². The molecule has 23 heavy (non-hydrogen) atoms. The molecule has 0 aromatic heterocycles. The fourth-order valence-electron chi connectivity index (χ4n) is 2.22. The average Bonchev–Trinajstić information content (AvgIpc) is 2.89. The van der Waals surface area contributed by atoms with E-state index in [9.17, 15) is 4.79 Å². The lowest BCUT2D eigenvalue weighted by atomic mass is 10.1. The minimum Gasteiger partial charge on any atom is -0.402 e. The van der Waals surface area contributed by atoms with Gasteiger partial charge >= 0.3 is 5.97 Å². The Hall–Kier alpha value is -2.65. The highest BCUT2D eigenvalue weighted by Gasteiger charge is 2.24. The first-order valence-corrected chi connectivity index (χ1v) is 7.51. The molecule has 3 rings (SSSR count). The first kappa shape index (κ1) is 15.3. The van der Waals surface area contributed by atoms with Crippen molar-refractivity contribution in [3.8, 4) is 0 Å². The molecule has 0 N–H and O–H groups in total. The van der Waals surface area contributed by atoms with E-state index in [1.54, 1.807) is 30.3 Å². The molecule has 114 valence electrons. The van der Waals surface area contributed by atoms with Crippen LogP contribution in [0.15, 0.2) is 76.9 Å². The van der Waals surface area contributed by atoms with E-state index < -0.39 is 5.97 Å². The number of esters is 1. The van der Waals surface area contributed by atoms with Crippen LogP contribution in [-0.2, 0) is 9.53 Å². The predicted octanol–water partition coefficient (Wildman–Crippen LogP) is 4.63. The summed E-state index contributed by atoms with van der Waals surface area (Å²) < 4.78 is 5.22. The van der Waals surface area contributed by atoms with Crippen molar-refractivity contribution in [2.45, 2.75) is 6.92 Å². The van der Waals surface area contributed by atoms with E-state index in [2.05, 4.69) is 4.99 Å². The van der Waals surface area contributed by atoms with Gasteiger partial charge in [-0.25, -0.2) is 9.79 Å². The molecule has 0 aliphatic carbocycles. The summed E-state index contributed by atoms with van der Waals surface area (Å²) in [7, 11) is 0. The predicted molar refractivity (Wildman–Crippen MR) is 92.3 cm³/mol. The van der Waals surface area contributed by atoms with Gasteiger partial charge in [0, 0.05) is 10.6 Å². The van der Waals surface area contributed by atoms with Gasteiger partial charge in [0.15, 0.2) is 5.70 Å². The Labute approximate surface area is 139 Å².